The van der Waals surface area contributed by atoms with E-state index < -0.39 is 5.97 Å². The molecule has 10 heteroatoms. The lowest BCUT2D eigenvalue weighted by Gasteiger charge is -2.16. The number of carboxylic acids is 1. The molecular weight excluding hydrogens is 607 g/mol. The SMILES string of the molecule is CCOc1cc(/C=C2\SC(=Nc3ccccc3)N(Cc3ccc(C(=O)O)cc3)C2=O)ccc1OCc1ccc(Cl)cc1Cl. The lowest BCUT2D eigenvalue weighted by Crippen LogP contribution is -2.28. The van der Waals surface area contributed by atoms with Crippen LogP contribution >= 0.6 is 35.0 Å². The van der Waals surface area contributed by atoms with Crippen LogP contribution in [-0.4, -0.2) is 33.7 Å². The number of carbonyl (C=O) groups excluding carboxylic acids is 1. The molecule has 1 amide bonds. The number of ether oxygens (including phenoxy) is 2. The number of amidine groups is 1. The van der Waals surface area contributed by atoms with Gasteiger partial charge in [0, 0.05) is 15.6 Å². The Labute approximate surface area is 263 Å². The van der Waals surface area contributed by atoms with E-state index in [2.05, 4.69) is 0 Å². The van der Waals surface area contributed by atoms with E-state index in [1.165, 1.54) is 23.9 Å². The largest absolute Gasteiger partial charge is 0.490 e. The molecule has 0 radical (unpaired) electrons. The molecule has 4 aromatic rings. The van der Waals surface area contributed by atoms with Crippen LogP contribution in [0.5, 0.6) is 11.5 Å². The van der Waals surface area contributed by atoms with Crippen molar-refractivity contribution < 1.29 is 24.2 Å². The van der Waals surface area contributed by atoms with Gasteiger partial charge >= 0.3 is 5.97 Å². The fraction of sp³-hybridized carbons (Fsp3) is 0.121. The highest BCUT2D eigenvalue weighted by Crippen LogP contribution is 2.37. The Morgan fingerprint density at radius 3 is 2.42 bits per heavy atom. The molecule has 0 aliphatic carbocycles. The molecule has 43 heavy (non-hydrogen) atoms. The number of rotatable bonds is 10. The number of para-hydroxylation sites is 1. The van der Waals surface area contributed by atoms with Gasteiger partial charge in [-0.15, -0.1) is 0 Å². The predicted molar refractivity (Wildman–Crippen MR) is 171 cm³/mol. The lowest BCUT2D eigenvalue weighted by molar-refractivity contribution is -0.122. The number of carboxylic acid groups (broad SMARTS) is 1. The second-order valence-electron chi connectivity index (χ2n) is 9.40. The topological polar surface area (TPSA) is 88.4 Å². The highest BCUT2D eigenvalue weighted by molar-refractivity contribution is 8.18. The zero-order valence-corrected chi connectivity index (χ0v) is 25.3. The minimum absolute atomic E-state index is 0.179. The van der Waals surface area contributed by atoms with Crippen LogP contribution in [0, 0.1) is 0 Å². The first-order chi connectivity index (χ1) is 20.8. The van der Waals surface area contributed by atoms with Crippen molar-refractivity contribution >= 4 is 63.8 Å². The van der Waals surface area contributed by atoms with Crippen LogP contribution in [0.25, 0.3) is 6.08 Å². The molecule has 1 saturated heterocycles. The molecular formula is C33H26Cl2N2O5S. The molecule has 1 aliphatic rings. The summed E-state index contributed by atoms with van der Waals surface area (Å²) in [4.78, 5) is 31.8. The first-order valence-electron chi connectivity index (χ1n) is 13.3. The van der Waals surface area contributed by atoms with E-state index in [-0.39, 0.29) is 24.6 Å². The van der Waals surface area contributed by atoms with Gasteiger partial charge < -0.3 is 14.6 Å². The van der Waals surface area contributed by atoms with Gasteiger partial charge in [0.25, 0.3) is 5.91 Å². The first kappa shape index (κ1) is 30.2. The van der Waals surface area contributed by atoms with Crippen molar-refractivity contribution in [1.29, 1.82) is 0 Å². The van der Waals surface area contributed by atoms with Gasteiger partial charge in [0.1, 0.15) is 6.61 Å². The Hall–Kier alpha value is -4.24. The minimum atomic E-state index is -1.01. The van der Waals surface area contributed by atoms with Crippen LogP contribution in [0.1, 0.15) is 34.0 Å². The number of thioether (sulfide) groups is 1. The zero-order valence-electron chi connectivity index (χ0n) is 23.0. The summed E-state index contributed by atoms with van der Waals surface area (Å²) in [5, 5.41) is 10.8. The van der Waals surface area contributed by atoms with Crippen LogP contribution in [0.4, 0.5) is 5.69 Å². The summed E-state index contributed by atoms with van der Waals surface area (Å²) in [7, 11) is 0. The average Bonchev–Trinajstić information content (AvgIpc) is 3.27. The Morgan fingerprint density at radius 2 is 1.72 bits per heavy atom. The van der Waals surface area contributed by atoms with Gasteiger partial charge in [-0.1, -0.05) is 65.7 Å². The summed E-state index contributed by atoms with van der Waals surface area (Å²) in [6.07, 6.45) is 1.80. The van der Waals surface area contributed by atoms with Gasteiger partial charge in [-0.2, -0.15) is 0 Å². The zero-order chi connectivity index (χ0) is 30.3. The fourth-order valence-electron chi connectivity index (χ4n) is 4.23. The number of carbonyl (C=O) groups is 2. The third-order valence-corrected chi connectivity index (χ3v) is 7.97. The molecule has 7 nitrogen and oxygen atoms in total. The highest BCUT2D eigenvalue weighted by Gasteiger charge is 2.33. The van der Waals surface area contributed by atoms with E-state index in [0.29, 0.717) is 43.9 Å². The monoisotopic (exact) mass is 632 g/mol. The van der Waals surface area contributed by atoms with Crippen molar-refractivity contribution in [3.05, 3.63) is 128 Å². The minimum Gasteiger partial charge on any atom is -0.490 e. The maximum absolute atomic E-state index is 13.7. The first-order valence-corrected chi connectivity index (χ1v) is 14.9. The number of amides is 1. The van der Waals surface area contributed by atoms with Crippen molar-refractivity contribution in [2.75, 3.05) is 6.61 Å². The van der Waals surface area contributed by atoms with Gasteiger partial charge in [-0.25, -0.2) is 9.79 Å². The molecule has 0 saturated carbocycles. The maximum Gasteiger partial charge on any atom is 0.335 e. The fourth-order valence-corrected chi connectivity index (χ4v) is 5.69. The van der Waals surface area contributed by atoms with Crippen molar-refractivity contribution in [2.24, 2.45) is 4.99 Å². The van der Waals surface area contributed by atoms with Crippen molar-refractivity contribution in [3.63, 3.8) is 0 Å². The second-order valence-corrected chi connectivity index (χ2v) is 11.3. The van der Waals surface area contributed by atoms with Crippen LogP contribution in [-0.2, 0) is 17.9 Å². The third kappa shape index (κ3) is 7.59. The van der Waals surface area contributed by atoms with Gasteiger partial charge in [-0.3, -0.25) is 9.69 Å². The summed E-state index contributed by atoms with van der Waals surface area (Å²) >= 11 is 13.6. The number of nitrogens with zero attached hydrogens (tertiary/aromatic N) is 2. The van der Waals surface area contributed by atoms with Crippen molar-refractivity contribution in [2.45, 2.75) is 20.1 Å². The summed E-state index contributed by atoms with van der Waals surface area (Å²) < 4.78 is 11.9. The Kier molecular flexibility index (Phi) is 9.72. The van der Waals surface area contributed by atoms with E-state index in [0.717, 1.165) is 16.7 Å². The molecule has 1 N–H and O–H groups in total. The standard InChI is InChI=1S/C33H26Cl2N2O5S/c1-2-41-29-16-22(10-15-28(29)42-20-24-13-14-25(34)18-27(24)35)17-30-31(38)37(19-21-8-11-23(12-9-21)32(39)40)33(43-30)36-26-6-4-3-5-7-26/h3-18H,2,19-20H2,1H3,(H,39,40)/b30-17-,36-33?. The van der Waals surface area contributed by atoms with Crippen molar-refractivity contribution in [3.8, 4) is 11.5 Å². The molecule has 0 bridgehead atoms. The number of aromatic carboxylic acids is 1. The molecule has 0 unspecified atom stereocenters. The average molecular weight is 634 g/mol. The molecule has 1 heterocycles. The van der Waals surface area contributed by atoms with Crippen LogP contribution in [0.15, 0.2) is 101 Å². The molecule has 4 aromatic carbocycles. The molecule has 0 spiro atoms. The van der Waals surface area contributed by atoms with E-state index in [9.17, 15) is 14.7 Å². The predicted octanol–water partition coefficient (Wildman–Crippen LogP) is 8.47. The number of hydrogen-bond donors (Lipinski definition) is 1. The third-order valence-electron chi connectivity index (χ3n) is 6.37. The van der Waals surface area contributed by atoms with Gasteiger partial charge in [-0.05, 0) is 84.4 Å². The van der Waals surface area contributed by atoms with E-state index in [4.69, 9.17) is 37.7 Å². The molecule has 218 valence electrons. The quantitative estimate of drug-likeness (QED) is 0.176. The van der Waals surface area contributed by atoms with Gasteiger partial charge in [0.05, 0.1) is 29.3 Å². The Bertz CT molecular complexity index is 1710. The number of halogens is 2. The second kappa shape index (κ2) is 13.8. The normalized spacial score (nSPS) is 14.9. The van der Waals surface area contributed by atoms with E-state index in [1.54, 1.807) is 41.3 Å². The Balaban J connectivity index is 1.41. The van der Waals surface area contributed by atoms with Crippen molar-refractivity contribution in [1.82, 2.24) is 4.90 Å². The molecule has 1 aliphatic heterocycles. The summed E-state index contributed by atoms with van der Waals surface area (Å²) in [6, 6.07) is 26.6. The van der Waals surface area contributed by atoms with Crippen LogP contribution in [0.2, 0.25) is 10.0 Å². The van der Waals surface area contributed by atoms with Crippen LogP contribution in [0.3, 0.4) is 0 Å². The molecule has 0 atom stereocenters. The number of aliphatic imine (C=N–C) groups is 1. The lowest BCUT2D eigenvalue weighted by atomic mass is 10.1. The molecule has 0 aromatic heterocycles. The highest BCUT2D eigenvalue weighted by atomic mass is 35.5. The Morgan fingerprint density at radius 1 is 0.953 bits per heavy atom. The van der Waals surface area contributed by atoms with Crippen LogP contribution < -0.4 is 9.47 Å². The van der Waals surface area contributed by atoms with Gasteiger partial charge in [0.15, 0.2) is 16.7 Å². The summed E-state index contributed by atoms with van der Waals surface area (Å²) in [5.41, 5.74) is 3.21. The molecule has 1 fully saturated rings. The number of hydrogen-bond acceptors (Lipinski definition) is 6. The number of benzene rings is 4. The summed E-state index contributed by atoms with van der Waals surface area (Å²) in [5.74, 6) is -0.144. The van der Waals surface area contributed by atoms with Gasteiger partial charge in [0.2, 0.25) is 0 Å². The smallest absolute Gasteiger partial charge is 0.335 e. The molecule has 5 rings (SSSR count). The van der Waals surface area contributed by atoms with E-state index in [1.807, 2.05) is 55.5 Å². The summed E-state index contributed by atoms with van der Waals surface area (Å²) in [6.45, 7) is 2.77. The maximum atomic E-state index is 13.7. The van der Waals surface area contributed by atoms with E-state index >= 15 is 0 Å².